The van der Waals surface area contributed by atoms with E-state index in [-0.39, 0.29) is 0 Å². The molecule has 0 amide bonds. The molecule has 84 valence electrons. The van der Waals surface area contributed by atoms with E-state index < -0.39 is 0 Å². The molecule has 1 aromatic carbocycles. The maximum Gasteiger partial charge on any atom is 0.0404 e. The highest BCUT2D eigenvalue weighted by Gasteiger charge is 2.04. The molecule has 1 aromatic rings. The van der Waals surface area contributed by atoms with Gasteiger partial charge < -0.3 is 4.90 Å². The zero-order valence-electron chi connectivity index (χ0n) is 9.67. The molecule has 15 heavy (non-hydrogen) atoms. The van der Waals surface area contributed by atoms with E-state index in [1.54, 1.807) is 0 Å². The number of alkyl halides is 1. The molecule has 2 heteroatoms. The third kappa shape index (κ3) is 3.86. The van der Waals surface area contributed by atoms with Crippen molar-refractivity contribution >= 4 is 21.6 Å². The molecule has 0 N–H and O–H groups in total. The van der Waals surface area contributed by atoms with Crippen LogP contribution in [0.25, 0.3) is 0 Å². The van der Waals surface area contributed by atoms with Gasteiger partial charge in [-0.3, -0.25) is 0 Å². The second kappa shape index (κ2) is 6.89. The molecule has 0 bridgehead atoms. The van der Waals surface area contributed by atoms with Crippen LogP contribution in [0.5, 0.6) is 0 Å². The fourth-order valence-corrected chi connectivity index (χ4v) is 2.19. The number of hydrogen-bond donors (Lipinski definition) is 0. The lowest BCUT2D eigenvalue weighted by molar-refractivity contribution is 0.704. The third-order valence-corrected chi connectivity index (χ3v) is 3.25. The molecule has 0 unspecified atom stereocenters. The van der Waals surface area contributed by atoms with Crippen LogP contribution in [0.1, 0.15) is 31.7 Å². The summed E-state index contributed by atoms with van der Waals surface area (Å²) in [5.74, 6) is 0. The lowest BCUT2D eigenvalue weighted by Crippen LogP contribution is -2.19. The van der Waals surface area contributed by atoms with Crippen molar-refractivity contribution in [3.63, 3.8) is 0 Å². The van der Waals surface area contributed by atoms with Crippen LogP contribution >= 0.6 is 15.9 Å². The standard InChI is InChI=1S/C13H20BrN/c1-3-4-7-10-15(2)13-9-6-5-8-12(13)11-14/h5-6,8-9H,3-4,7,10-11H2,1-2H3. The number of para-hydroxylation sites is 1. The quantitative estimate of drug-likeness (QED) is 0.553. The van der Waals surface area contributed by atoms with E-state index in [0.717, 1.165) is 11.9 Å². The average molecular weight is 270 g/mol. The van der Waals surface area contributed by atoms with Crippen LogP contribution in [-0.4, -0.2) is 13.6 Å². The molecule has 0 atom stereocenters. The Kier molecular flexibility index (Phi) is 5.77. The minimum Gasteiger partial charge on any atom is -0.374 e. The zero-order chi connectivity index (χ0) is 11.1. The van der Waals surface area contributed by atoms with E-state index in [4.69, 9.17) is 0 Å². The highest BCUT2D eigenvalue weighted by Crippen LogP contribution is 2.21. The Morgan fingerprint density at radius 2 is 1.93 bits per heavy atom. The molecular weight excluding hydrogens is 250 g/mol. The molecule has 0 saturated heterocycles. The van der Waals surface area contributed by atoms with Gasteiger partial charge in [-0.15, -0.1) is 0 Å². The number of hydrogen-bond acceptors (Lipinski definition) is 1. The predicted molar refractivity (Wildman–Crippen MR) is 71.9 cm³/mol. The Bertz CT molecular complexity index is 286. The molecule has 0 aliphatic heterocycles. The van der Waals surface area contributed by atoms with Crippen LogP contribution in [0, 0.1) is 0 Å². The first-order chi connectivity index (χ1) is 7.29. The van der Waals surface area contributed by atoms with Gasteiger partial charge in [0.05, 0.1) is 0 Å². The van der Waals surface area contributed by atoms with Crippen molar-refractivity contribution in [3.8, 4) is 0 Å². The molecule has 0 radical (unpaired) electrons. The van der Waals surface area contributed by atoms with Gasteiger partial charge in [0.1, 0.15) is 0 Å². The second-order valence-electron chi connectivity index (χ2n) is 3.89. The summed E-state index contributed by atoms with van der Waals surface area (Å²) >= 11 is 3.53. The van der Waals surface area contributed by atoms with Gasteiger partial charge in [0.2, 0.25) is 0 Å². The normalized spacial score (nSPS) is 10.3. The van der Waals surface area contributed by atoms with Gasteiger partial charge in [-0.25, -0.2) is 0 Å². The summed E-state index contributed by atoms with van der Waals surface area (Å²) in [5.41, 5.74) is 2.72. The van der Waals surface area contributed by atoms with E-state index in [2.05, 4.69) is 59.1 Å². The van der Waals surface area contributed by atoms with Crippen molar-refractivity contribution in [3.05, 3.63) is 29.8 Å². The van der Waals surface area contributed by atoms with Gasteiger partial charge in [0, 0.05) is 24.6 Å². The van der Waals surface area contributed by atoms with E-state index in [9.17, 15) is 0 Å². The zero-order valence-corrected chi connectivity index (χ0v) is 11.3. The lowest BCUT2D eigenvalue weighted by atomic mass is 10.1. The van der Waals surface area contributed by atoms with Crippen LogP contribution in [-0.2, 0) is 5.33 Å². The molecule has 0 fully saturated rings. The fraction of sp³-hybridized carbons (Fsp3) is 0.538. The van der Waals surface area contributed by atoms with Gasteiger partial charge >= 0.3 is 0 Å². The van der Waals surface area contributed by atoms with Crippen LogP contribution in [0.3, 0.4) is 0 Å². The largest absolute Gasteiger partial charge is 0.374 e. The summed E-state index contributed by atoms with van der Waals surface area (Å²) in [6, 6.07) is 8.58. The summed E-state index contributed by atoms with van der Waals surface area (Å²) in [5, 5.41) is 0.932. The Hall–Kier alpha value is -0.500. The summed E-state index contributed by atoms with van der Waals surface area (Å²) < 4.78 is 0. The van der Waals surface area contributed by atoms with Crippen LogP contribution in [0.2, 0.25) is 0 Å². The number of rotatable bonds is 6. The topological polar surface area (TPSA) is 3.24 Å². The van der Waals surface area contributed by atoms with Crippen molar-refractivity contribution in [2.24, 2.45) is 0 Å². The summed E-state index contributed by atoms with van der Waals surface area (Å²) in [7, 11) is 2.18. The Labute approximate surface area is 102 Å². The summed E-state index contributed by atoms with van der Waals surface area (Å²) in [6.07, 6.45) is 3.89. The van der Waals surface area contributed by atoms with Crippen molar-refractivity contribution in [2.45, 2.75) is 31.5 Å². The summed E-state index contributed by atoms with van der Waals surface area (Å²) in [6.45, 7) is 3.39. The highest BCUT2D eigenvalue weighted by atomic mass is 79.9. The number of benzene rings is 1. The molecule has 0 heterocycles. The van der Waals surface area contributed by atoms with Crippen molar-refractivity contribution in [2.75, 3.05) is 18.5 Å². The van der Waals surface area contributed by atoms with Gasteiger partial charge in [-0.1, -0.05) is 53.9 Å². The molecule has 1 nitrogen and oxygen atoms in total. The maximum absolute atomic E-state index is 3.53. The van der Waals surface area contributed by atoms with Gasteiger partial charge in [-0.2, -0.15) is 0 Å². The van der Waals surface area contributed by atoms with E-state index in [1.807, 2.05) is 0 Å². The first-order valence-electron chi connectivity index (χ1n) is 5.64. The number of unbranched alkanes of at least 4 members (excludes halogenated alkanes) is 2. The number of halogens is 1. The smallest absolute Gasteiger partial charge is 0.0404 e. The van der Waals surface area contributed by atoms with Crippen molar-refractivity contribution < 1.29 is 0 Å². The molecule has 0 aromatic heterocycles. The Morgan fingerprint density at radius 1 is 1.20 bits per heavy atom. The van der Waals surface area contributed by atoms with Crippen molar-refractivity contribution in [1.29, 1.82) is 0 Å². The third-order valence-electron chi connectivity index (χ3n) is 2.64. The first kappa shape index (κ1) is 12.6. The Morgan fingerprint density at radius 3 is 2.60 bits per heavy atom. The van der Waals surface area contributed by atoms with E-state index >= 15 is 0 Å². The van der Waals surface area contributed by atoms with E-state index in [0.29, 0.717) is 0 Å². The average Bonchev–Trinajstić information content (AvgIpc) is 2.29. The highest BCUT2D eigenvalue weighted by molar-refractivity contribution is 9.08. The Balaban J connectivity index is 2.59. The molecule has 0 aliphatic carbocycles. The monoisotopic (exact) mass is 269 g/mol. The van der Waals surface area contributed by atoms with Gasteiger partial charge in [-0.05, 0) is 18.1 Å². The van der Waals surface area contributed by atoms with Crippen LogP contribution < -0.4 is 4.90 Å². The van der Waals surface area contributed by atoms with Crippen LogP contribution in [0.15, 0.2) is 24.3 Å². The minimum absolute atomic E-state index is 0.932. The number of anilines is 1. The SMILES string of the molecule is CCCCCN(C)c1ccccc1CBr. The fourth-order valence-electron chi connectivity index (χ4n) is 1.72. The summed E-state index contributed by atoms with van der Waals surface area (Å²) in [4.78, 5) is 2.35. The second-order valence-corrected chi connectivity index (χ2v) is 4.45. The molecule has 1 rings (SSSR count). The first-order valence-corrected chi connectivity index (χ1v) is 6.76. The lowest BCUT2D eigenvalue weighted by Gasteiger charge is -2.21. The van der Waals surface area contributed by atoms with Gasteiger partial charge in [0.15, 0.2) is 0 Å². The molecular formula is C13H20BrN. The van der Waals surface area contributed by atoms with Crippen molar-refractivity contribution in [1.82, 2.24) is 0 Å². The molecule has 0 saturated carbocycles. The van der Waals surface area contributed by atoms with Gasteiger partial charge in [0.25, 0.3) is 0 Å². The molecule has 0 spiro atoms. The molecule has 0 aliphatic rings. The minimum atomic E-state index is 0.932. The number of nitrogens with zero attached hydrogens (tertiary/aromatic N) is 1. The van der Waals surface area contributed by atoms with Crippen LogP contribution in [0.4, 0.5) is 5.69 Å². The predicted octanol–water partition coefficient (Wildman–Crippen LogP) is 4.21. The maximum atomic E-state index is 3.53. The van der Waals surface area contributed by atoms with E-state index in [1.165, 1.54) is 30.5 Å².